The molecule has 0 radical (unpaired) electrons. The van der Waals surface area contributed by atoms with E-state index in [1.54, 1.807) is 29.9 Å². The molecule has 7 nitrogen and oxygen atoms in total. The number of nitrogens with one attached hydrogen (secondary N) is 2. The van der Waals surface area contributed by atoms with Gasteiger partial charge in [0, 0.05) is 10.7 Å². The number of aromatic nitrogens is 3. The van der Waals surface area contributed by atoms with E-state index >= 15 is 0 Å². The number of halogens is 2. The smallest absolute Gasteiger partial charge is 0.266 e. The van der Waals surface area contributed by atoms with Crippen molar-refractivity contribution in [1.29, 1.82) is 0 Å². The van der Waals surface area contributed by atoms with Gasteiger partial charge in [0.25, 0.3) is 5.91 Å². The molecule has 0 saturated heterocycles. The molecular weight excluding hydrogens is 493 g/mol. The van der Waals surface area contributed by atoms with Gasteiger partial charge < -0.3 is 10.1 Å². The third kappa shape index (κ3) is 5.64. The van der Waals surface area contributed by atoms with Crippen molar-refractivity contribution in [2.45, 2.75) is 26.4 Å². The summed E-state index contributed by atoms with van der Waals surface area (Å²) in [5.74, 6) is -0.0727. The third-order valence-electron chi connectivity index (χ3n) is 5.02. The Balaban J connectivity index is 1.39. The molecule has 4 aromatic rings. The van der Waals surface area contributed by atoms with Gasteiger partial charge >= 0.3 is 0 Å². The van der Waals surface area contributed by atoms with Crippen molar-refractivity contribution in [3.8, 4) is 11.4 Å². The van der Waals surface area contributed by atoms with Crippen LogP contribution in [0.4, 0.5) is 5.69 Å². The van der Waals surface area contributed by atoms with Gasteiger partial charge in [0.05, 0.1) is 10.7 Å². The van der Waals surface area contributed by atoms with E-state index in [4.69, 9.17) is 40.2 Å². The zero-order valence-corrected chi connectivity index (χ0v) is 20.7. The van der Waals surface area contributed by atoms with Crippen LogP contribution in [0.3, 0.4) is 0 Å². The lowest BCUT2D eigenvalue weighted by Gasteiger charge is -2.16. The van der Waals surface area contributed by atoms with Crippen molar-refractivity contribution in [3.05, 3.63) is 76.3 Å². The minimum atomic E-state index is -0.833. The van der Waals surface area contributed by atoms with Crippen LogP contribution >= 0.6 is 35.4 Å². The summed E-state index contributed by atoms with van der Waals surface area (Å²) in [6.45, 7) is 3.71. The highest BCUT2D eigenvalue weighted by molar-refractivity contribution is 7.80. The van der Waals surface area contributed by atoms with Crippen LogP contribution in [-0.2, 0) is 11.2 Å². The molecular formula is C24H21Cl2N5O2S. The summed E-state index contributed by atoms with van der Waals surface area (Å²) in [7, 11) is 0. The van der Waals surface area contributed by atoms with Gasteiger partial charge in [-0.2, -0.15) is 4.80 Å². The highest BCUT2D eigenvalue weighted by Crippen LogP contribution is 2.28. The molecule has 1 heterocycles. The Morgan fingerprint density at radius 3 is 2.50 bits per heavy atom. The monoisotopic (exact) mass is 513 g/mol. The van der Waals surface area contributed by atoms with Crippen molar-refractivity contribution in [2.24, 2.45) is 0 Å². The molecule has 174 valence electrons. The molecule has 3 aromatic carbocycles. The number of amides is 1. The minimum Gasteiger partial charge on any atom is -0.479 e. The molecule has 0 aliphatic carbocycles. The molecule has 0 saturated carbocycles. The molecule has 0 bridgehead atoms. The van der Waals surface area contributed by atoms with Crippen LogP contribution in [-0.4, -0.2) is 32.1 Å². The fraction of sp³-hybridized carbons (Fsp3) is 0.167. The number of carbonyl (C=O) groups excluding carboxylic acids is 1. The molecule has 0 spiro atoms. The lowest BCUT2D eigenvalue weighted by atomic mass is 10.2. The van der Waals surface area contributed by atoms with Gasteiger partial charge in [-0.05, 0) is 79.7 Å². The Kier molecular flexibility index (Phi) is 7.31. The Hall–Kier alpha value is -3.20. The average molecular weight is 514 g/mol. The van der Waals surface area contributed by atoms with E-state index < -0.39 is 12.0 Å². The maximum Gasteiger partial charge on any atom is 0.266 e. The van der Waals surface area contributed by atoms with Crippen LogP contribution in [0.15, 0.2) is 60.7 Å². The number of aryl methyl sites for hydroxylation is 1. The lowest BCUT2D eigenvalue weighted by molar-refractivity contribution is -0.125. The zero-order chi connectivity index (χ0) is 24.2. The first kappa shape index (κ1) is 23.9. The van der Waals surface area contributed by atoms with Gasteiger partial charge in [-0.3, -0.25) is 10.1 Å². The third-order valence-corrected chi connectivity index (χ3v) is 5.75. The molecule has 34 heavy (non-hydrogen) atoms. The molecule has 0 aliphatic rings. The Labute approximate surface area is 212 Å². The van der Waals surface area contributed by atoms with E-state index in [0.29, 0.717) is 27.0 Å². The number of anilines is 1. The number of hydrogen-bond acceptors (Lipinski definition) is 5. The molecule has 1 atom stereocenters. The SMILES string of the molecule is CCc1ccc(-n2nc3ccc(NC(=S)NC(=O)C(C)Oc4ccc(Cl)cc4Cl)cc3n2)cc1. The first-order valence-corrected chi connectivity index (χ1v) is 11.7. The van der Waals surface area contributed by atoms with E-state index in [0.717, 1.165) is 17.6 Å². The quantitative estimate of drug-likeness (QED) is 0.328. The van der Waals surface area contributed by atoms with Crippen molar-refractivity contribution in [3.63, 3.8) is 0 Å². The molecule has 0 fully saturated rings. The number of hydrogen-bond donors (Lipinski definition) is 2. The fourth-order valence-corrected chi connectivity index (χ4v) is 3.83. The molecule has 10 heteroatoms. The normalized spacial score (nSPS) is 11.8. The van der Waals surface area contributed by atoms with Gasteiger partial charge in [-0.25, -0.2) is 0 Å². The van der Waals surface area contributed by atoms with Crippen LogP contribution in [0.1, 0.15) is 19.4 Å². The number of nitrogens with zero attached hydrogens (tertiary/aromatic N) is 3. The molecule has 4 rings (SSSR count). The maximum absolute atomic E-state index is 12.5. The van der Waals surface area contributed by atoms with Crippen molar-refractivity contribution in [2.75, 3.05) is 5.32 Å². The summed E-state index contributed by atoms with van der Waals surface area (Å²) >= 11 is 17.3. The Morgan fingerprint density at radius 1 is 1.06 bits per heavy atom. The molecule has 0 aliphatic heterocycles. The molecule has 1 unspecified atom stereocenters. The number of thiocarbonyl (C=S) groups is 1. The summed E-state index contributed by atoms with van der Waals surface area (Å²) in [6, 6.07) is 18.3. The summed E-state index contributed by atoms with van der Waals surface area (Å²) in [5.41, 5.74) is 4.22. The predicted molar refractivity (Wildman–Crippen MR) is 139 cm³/mol. The zero-order valence-electron chi connectivity index (χ0n) is 18.4. The second-order valence-electron chi connectivity index (χ2n) is 7.49. The summed E-state index contributed by atoms with van der Waals surface area (Å²) in [6.07, 6.45) is 0.139. The van der Waals surface area contributed by atoms with Crippen LogP contribution in [0.2, 0.25) is 10.0 Å². The summed E-state index contributed by atoms with van der Waals surface area (Å²) < 4.78 is 5.62. The van der Waals surface area contributed by atoms with Gasteiger partial charge in [0.15, 0.2) is 11.2 Å². The maximum atomic E-state index is 12.5. The highest BCUT2D eigenvalue weighted by atomic mass is 35.5. The van der Waals surface area contributed by atoms with E-state index in [2.05, 4.69) is 39.9 Å². The fourth-order valence-electron chi connectivity index (χ4n) is 3.16. The predicted octanol–water partition coefficient (Wildman–Crippen LogP) is 5.57. The Bertz CT molecular complexity index is 1360. The molecule has 1 amide bonds. The van der Waals surface area contributed by atoms with Crippen LogP contribution in [0, 0.1) is 0 Å². The van der Waals surface area contributed by atoms with E-state index in [9.17, 15) is 4.79 Å². The first-order chi connectivity index (χ1) is 16.3. The van der Waals surface area contributed by atoms with Crippen LogP contribution in [0.5, 0.6) is 5.75 Å². The number of benzene rings is 3. The largest absolute Gasteiger partial charge is 0.479 e. The van der Waals surface area contributed by atoms with Crippen molar-refractivity contribution in [1.82, 2.24) is 20.3 Å². The summed E-state index contributed by atoms with van der Waals surface area (Å²) in [4.78, 5) is 14.1. The van der Waals surface area contributed by atoms with Gasteiger partial charge in [0.1, 0.15) is 16.8 Å². The van der Waals surface area contributed by atoms with E-state index in [-0.39, 0.29) is 5.11 Å². The number of ether oxygens (including phenoxy) is 1. The number of rotatable bonds is 6. The number of carbonyl (C=O) groups is 1. The highest BCUT2D eigenvalue weighted by Gasteiger charge is 2.18. The van der Waals surface area contributed by atoms with E-state index in [1.807, 2.05) is 30.3 Å². The lowest BCUT2D eigenvalue weighted by Crippen LogP contribution is -2.42. The Morgan fingerprint density at radius 2 is 1.79 bits per heavy atom. The molecule has 2 N–H and O–H groups in total. The van der Waals surface area contributed by atoms with Crippen molar-refractivity contribution < 1.29 is 9.53 Å². The standard InChI is InChI=1S/C24H21Cl2N5O2S/c1-3-15-4-8-18(9-5-15)31-29-20-10-7-17(13-21(20)30-31)27-24(34)28-23(32)14(2)33-22-11-6-16(25)12-19(22)26/h4-14H,3H2,1-2H3,(H2,27,28,32,34). The van der Waals surface area contributed by atoms with Crippen molar-refractivity contribution >= 4 is 63.2 Å². The van der Waals surface area contributed by atoms with Crippen LogP contribution in [0.25, 0.3) is 16.7 Å². The van der Waals surface area contributed by atoms with E-state index in [1.165, 1.54) is 5.56 Å². The second kappa shape index (κ2) is 10.4. The van der Waals surface area contributed by atoms with Gasteiger partial charge in [0.2, 0.25) is 0 Å². The molecule has 1 aromatic heterocycles. The first-order valence-electron chi connectivity index (χ1n) is 10.5. The minimum absolute atomic E-state index is 0.129. The topological polar surface area (TPSA) is 81.1 Å². The summed E-state index contributed by atoms with van der Waals surface area (Å²) in [5, 5.41) is 15.6. The van der Waals surface area contributed by atoms with Crippen LogP contribution < -0.4 is 15.4 Å². The van der Waals surface area contributed by atoms with Gasteiger partial charge in [-0.1, -0.05) is 42.3 Å². The number of fused-ring (bicyclic) bond motifs is 1. The average Bonchev–Trinajstić information content (AvgIpc) is 3.24. The van der Waals surface area contributed by atoms with Gasteiger partial charge in [-0.15, -0.1) is 10.2 Å². The second-order valence-corrected chi connectivity index (χ2v) is 8.74.